The summed E-state index contributed by atoms with van der Waals surface area (Å²) in [6, 6.07) is 10.8. The molecule has 30 heavy (non-hydrogen) atoms. The molecule has 2 heterocycles. The van der Waals surface area contributed by atoms with Crippen LogP contribution in [0.15, 0.2) is 47.6 Å². The molecular formula is C21H27F2N5O2. The van der Waals surface area contributed by atoms with E-state index in [4.69, 9.17) is 4.74 Å². The first-order valence-corrected chi connectivity index (χ1v) is 9.93. The van der Waals surface area contributed by atoms with E-state index < -0.39 is 6.61 Å². The van der Waals surface area contributed by atoms with Gasteiger partial charge in [0.25, 0.3) is 0 Å². The van der Waals surface area contributed by atoms with Crippen molar-refractivity contribution >= 4 is 11.6 Å². The lowest BCUT2D eigenvalue weighted by Crippen LogP contribution is -2.44. The van der Waals surface area contributed by atoms with Gasteiger partial charge >= 0.3 is 6.61 Å². The lowest BCUT2D eigenvalue weighted by Gasteiger charge is -2.22. The summed E-state index contributed by atoms with van der Waals surface area (Å²) in [6.45, 7) is 1.52. The number of alkyl halides is 2. The monoisotopic (exact) mass is 419 g/mol. The van der Waals surface area contributed by atoms with Gasteiger partial charge in [0.2, 0.25) is 5.88 Å². The molecule has 2 aromatic rings. The van der Waals surface area contributed by atoms with Gasteiger partial charge in [-0.2, -0.15) is 8.78 Å². The Kier molecular flexibility index (Phi) is 7.64. The summed E-state index contributed by atoms with van der Waals surface area (Å²) < 4.78 is 35.6. The van der Waals surface area contributed by atoms with Gasteiger partial charge in [0.05, 0.1) is 12.3 Å². The van der Waals surface area contributed by atoms with E-state index >= 15 is 0 Å². The first-order chi connectivity index (χ1) is 14.6. The molecule has 1 aliphatic rings. The van der Waals surface area contributed by atoms with Gasteiger partial charge in [-0.3, -0.25) is 4.99 Å². The molecule has 0 amide bonds. The van der Waals surface area contributed by atoms with E-state index in [0.29, 0.717) is 37.2 Å². The summed E-state index contributed by atoms with van der Waals surface area (Å²) in [4.78, 5) is 10.6. The normalized spacial score (nSPS) is 16.6. The van der Waals surface area contributed by atoms with E-state index in [1.54, 1.807) is 31.4 Å². The number of anilines is 1. The Balaban J connectivity index is 1.57. The molecule has 7 nitrogen and oxygen atoms in total. The first kappa shape index (κ1) is 21.6. The maximum Gasteiger partial charge on any atom is 0.387 e. The number of para-hydroxylation sites is 2. The number of ether oxygens (including phenoxy) is 2. The summed E-state index contributed by atoms with van der Waals surface area (Å²) in [5, 5.41) is 6.67. The second kappa shape index (κ2) is 10.6. The Morgan fingerprint density at radius 2 is 2.13 bits per heavy atom. The summed E-state index contributed by atoms with van der Waals surface area (Å²) in [5.74, 6) is 1.45. The van der Waals surface area contributed by atoms with Crippen LogP contribution in [-0.2, 0) is 6.54 Å². The number of aliphatic imine (C=N–C) groups is 1. The Morgan fingerprint density at radius 1 is 1.30 bits per heavy atom. The van der Waals surface area contributed by atoms with Crippen LogP contribution in [0.25, 0.3) is 0 Å². The number of halogens is 2. The van der Waals surface area contributed by atoms with Crippen LogP contribution < -0.4 is 25.0 Å². The zero-order valence-electron chi connectivity index (χ0n) is 17.1. The molecule has 2 N–H and O–H groups in total. The van der Waals surface area contributed by atoms with Crippen molar-refractivity contribution in [3.8, 4) is 11.6 Å². The minimum absolute atomic E-state index is 0.121. The SMILES string of the molecule is CCOc1ncccc1CNC(=NC)NC1CCN(c2ccccc2OC(F)F)C1. The van der Waals surface area contributed by atoms with Gasteiger partial charge in [-0.1, -0.05) is 18.2 Å². The van der Waals surface area contributed by atoms with Crippen molar-refractivity contribution in [2.24, 2.45) is 4.99 Å². The van der Waals surface area contributed by atoms with E-state index in [2.05, 4.69) is 25.3 Å². The fraction of sp³-hybridized carbons (Fsp3) is 0.429. The Bertz CT molecular complexity index is 850. The van der Waals surface area contributed by atoms with E-state index in [-0.39, 0.29) is 11.8 Å². The van der Waals surface area contributed by atoms with E-state index in [0.717, 1.165) is 18.5 Å². The largest absolute Gasteiger partial charge is 0.478 e. The fourth-order valence-electron chi connectivity index (χ4n) is 3.40. The van der Waals surface area contributed by atoms with E-state index in [1.807, 2.05) is 30.0 Å². The smallest absolute Gasteiger partial charge is 0.387 e. The van der Waals surface area contributed by atoms with Crippen molar-refractivity contribution < 1.29 is 18.3 Å². The quantitative estimate of drug-likeness (QED) is 0.506. The lowest BCUT2D eigenvalue weighted by atomic mass is 10.2. The third-order valence-electron chi connectivity index (χ3n) is 4.75. The molecular weight excluding hydrogens is 392 g/mol. The topological polar surface area (TPSA) is 71.0 Å². The van der Waals surface area contributed by atoms with Crippen LogP contribution >= 0.6 is 0 Å². The van der Waals surface area contributed by atoms with Gasteiger partial charge in [-0.25, -0.2) is 4.98 Å². The molecule has 162 valence electrons. The number of benzene rings is 1. The second-order valence-electron chi connectivity index (χ2n) is 6.75. The second-order valence-corrected chi connectivity index (χ2v) is 6.75. The summed E-state index contributed by atoms with van der Waals surface area (Å²) in [7, 11) is 1.71. The molecule has 1 saturated heterocycles. The van der Waals surface area contributed by atoms with Crippen LogP contribution in [0.2, 0.25) is 0 Å². The fourth-order valence-corrected chi connectivity index (χ4v) is 3.40. The molecule has 1 aromatic carbocycles. The van der Waals surface area contributed by atoms with Crippen LogP contribution in [0.1, 0.15) is 18.9 Å². The highest BCUT2D eigenvalue weighted by atomic mass is 19.3. The number of hydrogen-bond donors (Lipinski definition) is 2. The Hall–Kier alpha value is -3.10. The summed E-state index contributed by atoms with van der Waals surface area (Å²) >= 11 is 0. The number of hydrogen-bond acceptors (Lipinski definition) is 5. The first-order valence-electron chi connectivity index (χ1n) is 9.93. The number of pyridine rings is 1. The van der Waals surface area contributed by atoms with Crippen LogP contribution in [0.3, 0.4) is 0 Å². The third-order valence-corrected chi connectivity index (χ3v) is 4.75. The molecule has 0 saturated carbocycles. The molecule has 1 unspecified atom stereocenters. The van der Waals surface area contributed by atoms with Crippen molar-refractivity contribution in [1.82, 2.24) is 15.6 Å². The molecule has 0 spiro atoms. The predicted molar refractivity (Wildman–Crippen MR) is 112 cm³/mol. The molecule has 1 fully saturated rings. The number of guanidine groups is 1. The van der Waals surface area contributed by atoms with Crippen LogP contribution in [0.5, 0.6) is 11.6 Å². The van der Waals surface area contributed by atoms with Crippen molar-refractivity contribution in [2.75, 3.05) is 31.6 Å². The van der Waals surface area contributed by atoms with Gasteiger partial charge in [0.15, 0.2) is 5.96 Å². The number of nitrogens with zero attached hydrogens (tertiary/aromatic N) is 3. The van der Waals surface area contributed by atoms with Gasteiger partial charge in [-0.05, 0) is 31.5 Å². The minimum Gasteiger partial charge on any atom is -0.478 e. The average Bonchev–Trinajstić information content (AvgIpc) is 3.20. The van der Waals surface area contributed by atoms with Gasteiger partial charge in [-0.15, -0.1) is 0 Å². The molecule has 3 rings (SSSR count). The predicted octanol–water partition coefficient (Wildman–Crippen LogP) is 3.03. The van der Waals surface area contributed by atoms with Gasteiger partial charge in [0, 0.05) is 44.5 Å². The van der Waals surface area contributed by atoms with Gasteiger partial charge < -0.3 is 25.0 Å². The van der Waals surface area contributed by atoms with Crippen LogP contribution in [0, 0.1) is 0 Å². The molecule has 1 aromatic heterocycles. The standard InChI is InChI=1S/C21H27F2N5O2/c1-3-29-19-15(7-6-11-25-19)13-26-21(24-2)27-16-10-12-28(14-16)17-8-4-5-9-18(17)30-20(22)23/h4-9,11,16,20H,3,10,12-14H2,1-2H3,(H2,24,26,27). The van der Waals surface area contributed by atoms with Crippen molar-refractivity contribution in [3.05, 3.63) is 48.2 Å². The highest BCUT2D eigenvalue weighted by Gasteiger charge is 2.26. The molecule has 0 radical (unpaired) electrons. The molecule has 0 bridgehead atoms. The van der Waals surface area contributed by atoms with Crippen molar-refractivity contribution in [1.29, 1.82) is 0 Å². The van der Waals surface area contributed by atoms with E-state index in [9.17, 15) is 8.78 Å². The maximum absolute atomic E-state index is 12.7. The van der Waals surface area contributed by atoms with Crippen LogP contribution in [0.4, 0.5) is 14.5 Å². The molecule has 0 aliphatic carbocycles. The Morgan fingerprint density at radius 3 is 2.90 bits per heavy atom. The maximum atomic E-state index is 12.7. The van der Waals surface area contributed by atoms with Crippen molar-refractivity contribution in [2.45, 2.75) is 32.5 Å². The Labute approximate surface area is 175 Å². The van der Waals surface area contributed by atoms with E-state index in [1.165, 1.54) is 0 Å². The van der Waals surface area contributed by atoms with Gasteiger partial charge in [0.1, 0.15) is 5.75 Å². The summed E-state index contributed by atoms with van der Waals surface area (Å²) in [6.07, 6.45) is 2.55. The highest BCUT2D eigenvalue weighted by molar-refractivity contribution is 5.80. The third kappa shape index (κ3) is 5.71. The van der Waals surface area contributed by atoms with Crippen molar-refractivity contribution in [3.63, 3.8) is 0 Å². The number of aromatic nitrogens is 1. The summed E-state index contributed by atoms with van der Waals surface area (Å²) in [5.41, 5.74) is 1.61. The minimum atomic E-state index is -2.85. The zero-order valence-corrected chi connectivity index (χ0v) is 17.1. The number of rotatable bonds is 8. The zero-order chi connectivity index (χ0) is 21.3. The van der Waals surface area contributed by atoms with Crippen LogP contribution in [-0.4, -0.2) is 50.3 Å². The average molecular weight is 419 g/mol. The molecule has 1 atom stereocenters. The number of nitrogens with one attached hydrogen (secondary N) is 2. The molecule has 9 heteroatoms. The lowest BCUT2D eigenvalue weighted by molar-refractivity contribution is -0.0495. The highest BCUT2D eigenvalue weighted by Crippen LogP contribution is 2.31. The molecule has 1 aliphatic heterocycles.